The van der Waals surface area contributed by atoms with Gasteiger partial charge < -0.3 is 10.1 Å². The zero-order valence-corrected chi connectivity index (χ0v) is 12.6. The Kier molecular flexibility index (Phi) is 5.55. The number of ether oxygens (including phenoxy) is 1. The molecule has 0 aliphatic heterocycles. The van der Waals surface area contributed by atoms with E-state index in [2.05, 4.69) is 12.2 Å². The summed E-state index contributed by atoms with van der Waals surface area (Å²) in [5.41, 5.74) is 1.20. The first-order chi connectivity index (χ1) is 9.69. The molecule has 1 N–H and O–H groups in total. The van der Waals surface area contributed by atoms with Crippen LogP contribution in [0.1, 0.15) is 57.1 Å². The van der Waals surface area contributed by atoms with Gasteiger partial charge >= 0.3 is 0 Å². The van der Waals surface area contributed by atoms with Crippen LogP contribution in [0.5, 0.6) is 0 Å². The number of halogens is 1. The van der Waals surface area contributed by atoms with Crippen LogP contribution >= 0.6 is 0 Å². The van der Waals surface area contributed by atoms with Gasteiger partial charge in [-0.15, -0.1) is 0 Å². The van der Waals surface area contributed by atoms with Crippen molar-refractivity contribution in [3.8, 4) is 0 Å². The molecule has 0 saturated heterocycles. The van der Waals surface area contributed by atoms with Crippen molar-refractivity contribution in [3.63, 3.8) is 0 Å². The summed E-state index contributed by atoms with van der Waals surface area (Å²) in [5.74, 6) is -0.171. The van der Waals surface area contributed by atoms with Gasteiger partial charge in [0, 0.05) is 19.7 Å². The van der Waals surface area contributed by atoms with Gasteiger partial charge in [0.25, 0.3) is 0 Å². The van der Waals surface area contributed by atoms with Gasteiger partial charge in [-0.3, -0.25) is 0 Å². The fourth-order valence-corrected chi connectivity index (χ4v) is 2.82. The van der Waals surface area contributed by atoms with Gasteiger partial charge in [0.2, 0.25) is 0 Å². The third-order valence-electron chi connectivity index (χ3n) is 4.49. The molecule has 1 aliphatic rings. The van der Waals surface area contributed by atoms with Crippen LogP contribution in [0.25, 0.3) is 0 Å². The SMILES string of the molecule is CCCCC(NCC1(OC)CCC1)c1ccc(F)cc1. The van der Waals surface area contributed by atoms with E-state index < -0.39 is 0 Å². The molecular weight excluding hydrogens is 253 g/mol. The summed E-state index contributed by atoms with van der Waals surface area (Å²) in [6.45, 7) is 3.08. The lowest BCUT2D eigenvalue weighted by molar-refractivity contribution is -0.0710. The Hall–Kier alpha value is -0.930. The van der Waals surface area contributed by atoms with Crippen molar-refractivity contribution in [1.29, 1.82) is 0 Å². The number of rotatable bonds is 8. The number of unbranched alkanes of at least 4 members (excludes halogenated alkanes) is 1. The Morgan fingerprint density at radius 1 is 1.30 bits per heavy atom. The maximum Gasteiger partial charge on any atom is 0.123 e. The van der Waals surface area contributed by atoms with E-state index in [1.54, 1.807) is 19.2 Å². The summed E-state index contributed by atoms with van der Waals surface area (Å²) < 4.78 is 18.7. The first kappa shape index (κ1) is 15.5. The number of hydrogen-bond acceptors (Lipinski definition) is 2. The van der Waals surface area contributed by atoms with Crippen molar-refractivity contribution in [3.05, 3.63) is 35.6 Å². The lowest BCUT2D eigenvalue weighted by atomic mass is 9.79. The third kappa shape index (κ3) is 3.80. The van der Waals surface area contributed by atoms with E-state index in [0.29, 0.717) is 6.04 Å². The Morgan fingerprint density at radius 2 is 2.00 bits per heavy atom. The molecule has 3 heteroatoms. The Labute approximate surface area is 121 Å². The average Bonchev–Trinajstić information content (AvgIpc) is 2.42. The van der Waals surface area contributed by atoms with Crippen LogP contribution in [0.4, 0.5) is 4.39 Å². The normalized spacial score (nSPS) is 18.6. The fraction of sp³-hybridized carbons (Fsp3) is 0.647. The monoisotopic (exact) mass is 279 g/mol. The molecule has 1 atom stereocenters. The highest BCUT2D eigenvalue weighted by Crippen LogP contribution is 2.35. The second-order valence-corrected chi connectivity index (χ2v) is 5.87. The predicted octanol–water partition coefficient (Wildman–Crippen LogP) is 4.22. The van der Waals surface area contributed by atoms with Crippen molar-refractivity contribution in [2.75, 3.05) is 13.7 Å². The average molecular weight is 279 g/mol. The van der Waals surface area contributed by atoms with Crippen LogP contribution in [-0.4, -0.2) is 19.3 Å². The summed E-state index contributed by atoms with van der Waals surface area (Å²) in [6, 6.07) is 7.17. The Balaban J connectivity index is 1.97. The topological polar surface area (TPSA) is 21.3 Å². The van der Waals surface area contributed by atoms with Gasteiger partial charge in [-0.05, 0) is 43.4 Å². The van der Waals surface area contributed by atoms with Crippen LogP contribution in [-0.2, 0) is 4.74 Å². The molecule has 0 bridgehead atoms. The fourth-order valence-electron chi connectivity index (χ4n) is 2.82. The van der Waals surface area contributed by atoms with Crippen LogP contribution in [0.15, 0.2) is 24.3 Å². The minimum Gasteiger partial charge on any atom is -0.377 e. The summed E-state index contributed by atoms with van der Waals surface area (Å²) in [6.07, 6.45) is 6.97. The highest BCUT2D eigenvalue weighted by molar-refractivity contribution is 5.20. The van der Waals surface area contributed by atoms with Crippen molar-refractivity contribution in [1.82, 2.24) is 5.32 Å². The standard InChI is InChI=1S/C17H26FNO/c1-3-4-6-16(14-7-9-15(18)10-8-14)19-13-17(20-2)11-5-12-17/h7-10,16,19H,3-6,11-13H2,1-2H3. The lowest BCUT2D eigenvalue weighted by Gasteiger charge is -2.41. The molecule has 1 aliphatic carbocycles. The number of methoxy groups -OCH3 is 1. The molecule has 1 fully saturated rings. The number of nitrogens with one attached hydrogen (secondary N) is 1. The molecule has 0 radical (unpaired) electrons. The zero-order valence-electron chi connectivity index (χ0n) is 12.6. The van der Waals surface area contributed by atoms with Gasteiger partial charge in [-0.25, -0.2) is 4.39 Å². The lowest BCUT2D eigenvalue weighted by Crippen LogP contribution is -2.48. The quantitative estimate of drug-likeness (QED) is 0.769. The third-order valence-corrected chi connectivity index (χ3v) is 4.49. The number of benzene rings is 1. The smallest absolute Gasteiger partial charge is 0.123 e. The van der Waals surface area contributed by atoms with Gasteiger partial charge in [0.15, 0.2) is 0 Å². The van der Waals surface area contributed by atoms with Crippen LogP contribution < -0.4 is 5.32 Å². The molecule has 0 heterocycles. The van der Waals surface area contributed by atoms with E-state index in [4.69, 9.17) is 4.74 Å². The van der Waals surface area contributed by atoms with Crippen molar-refractivity contribution >= 4 is 0 Å². The van der Waals surface area contributed by atoms with Gasteiger partial charge in [0.05, 0.1) is 5.60 Å². The van der Waals surface area contributed by atoms with E-state index in [1.807, 2.05) is 12.1 Å². The predicted molar refractivity (Wildman–Crippen MR) is 80.3 cm³/mol. The molecule has 0 spiro atoms. The van der Waals surface area contributed by atoms with Crippen LogP contribution in [0.3, 0.4) is 0 Å². The first-order valence-corrected chi connectivity index (χ1v) is 7.73. The molecule has 2 rings (SSSR count). The second-order valence-electron chi connectivity index (χ2n) is 5.87. The van der Waals surface area contributed by atoms with E-state index in [1.165, 1.54) is 24.8 Å². The highest BCUT2D eigenvalue weighted by atomic mass is 19.1. The molecule has 1 aromatic carbocycles. The van der Waals surface area contributed by atoms with Gasteiger partial charge in [-0.2, -0.15) is 0 Å². The van der Waals surface area contributed by atoms with E-state index in [-0.39, 0.29) is 11.4 Å². The molecule has 20 heavy (non-hydrogen) atoms. The Morgan fingerprint density at radius 3 is 2.50 bits per heavy atom. The minimum absolute atomic E-state index is 0.0322. The van der Waals surface area contributed by atoms with E-state index in [0.717, 1.165) is 25.8 Å². The van der Waals surface area contributed by atoms with Crippen molar-refractivity contribution in [2.45, 2.75) is 57.1 Å². The molecule has 112 valence electrons. The highest BCUT2D eigenvalue weighted by Gasteiger charge is 2.37. The first-order valence-electron chi connectivity index (χ1n) is 7.73. The summed E-state index contributed by atoms with van der Waals surface area (Å²) in [5, 5.41) is 3.64. The summed E-state index contributed by atoms with van der Waals surface area (Å²) >= 11 is 0. The van der Waals surface area contributed by atoms with Crippen LogP contribution in [0.2, 0.25) is 0 Å². The molecule has 1 aromatic rings. The van der Waals surface area contributed by atoms with Crippen molar-refractivity contribution in [2.24, 2.45) is 0 Å². The summed E-state index contributed by atoms with van der Waals surface area (Å²) in [4.78, 5) is 0. The second kappa shape index (κ2) is 7.19. The van der Waals surface area contributed by atoms with Gasteiger partial charge in [-0.1, -0.05) is 31.9 Å². The minimum atomic E-state index is -0.171. The summed E-state index contributed by atoms with van der Waals surface area (Å²) in [7, 11) is 1.81. The molecule has 0 aromatic heterocycles. The number of hydrogen-bond donors (Lipinski definition) is 1. The van der Waals surface area contributed by atoms with E-state index in [9.17, 15) is 4.39 Å². The van der Waals surface area contributed by atoms with E-state index >= 15 is 0 Å². The maximum atomic E-state index is 13.1. The largest absolute Gasteiger partial charge is 0.377 e. The molecule has 2 nitrogen and oxygen atoms in total. The molecule has 1 unspecified atom stereocenters. The molecule has 0 amide bonds. The van der Waals surface area contributed by atoms with Gasteiger partial charge in [0.1, 0.15) is 5.82 Å². The molecule has 1 saturated carbocycles. The zero-order chi connectivity index (χ0) is 14.4. The Bertz CT molecular complexity index is 394. The van der Waals surface area contributed by atoms with Crippen LogP contribution in [0, 0.1) is 5.82 Å². The molecular formula is C17H26FNO. The maximum absolute atomic E-state index is 13.1. The van der Waals surface area contributed by atoms with Crippen molar-refractivity contribution < 1.29 is 9.13 Å².